The number of carbonyl (C=O) groups excluding carboxylic acids is 1. The van der Waals surface area contributed by atoms with Gasteiger partial charge in [-0.25, -0.2) is 8.42 Å². The first-order valence-electron chi connectivity index (χ1n) is 8.60. The van der Waals surface area contributed by atoms with Crippen LogP contribution in [-0.2, 0) is 16.0 Å². The van der Waals surface area contributed by atoms with Crippen LogP contribution in [0.3, 0.4) is 0 Å². The lowest BCUT2D eigenvalue weighted by molar-refractivity contribution is -0.137. The quantitative estimate of drug-likeness (QED) is 0.826. The maximum Gasteiger partial charge on any atom is 0.416 e. The van der Waals surface area contributed by atoms with Gasteiger partial charge in [-0.1, -0.05) is 32.0 Å². The van der Waals surface area contributed by atoms with Crippen LogP contribution >= 0.6 is 0 Å². The molecule has 1 aliphatic carbocycles. The number of carbonyl (C=O) groups is 1. The zero-order chi connectivity index (χ0) is 20.9. The molecule has 0 aromatic heterocycles. The molecule has 8 heteroatoms. The topological polar surface area (TPSA) is 63.2 Å². The number of rotatable bonds is 4. The summed E-state index contributed by atoms with van der Waals surface area (Å²) in [5, 5.41) is 2.86. The van der Waals surface area contributed by atoms with Gasteiger partial charge in [0, 0.05) is 23.8 Å². The Bertz CT molecular complexity index is 1010. The van der Waals surface area contributed by atoms with Gasteiger partial charge in [0.1, 0.15) is 0 Å². The fourth-order valence-corrected chi connectivity index (χ4v) is 4.15. The van der Waals surface area contributed by atoms with Gasteiger partial charge in [-0.15, -0.1) is 0 Å². The van der Waals surface area contributed by atoms with Crippen LogP contribution in [0.2, 0.25) is 0 Å². The molecule has 0 heterocycles. The Morgan fingerprint density at radius 3 is 2.21 bits per heavy atom. The molecular formula is C20H20F3NO3S. The minimum atomic E-state index is -4.42. The molecule has 1 N–H and O–H groups in total. The predicted octanol–water partition coefficient (Wildman–Crippen LogP) is 4.03. The Labute approximate surface area is 161 Å². The van der Waals surface area contributed by atoms with Crippen molar-refractivity contribution in [3.63, 3.8) is 0 Å². The van der Waals surface area contributed by atoms with Crippen LogP contribution in [-0.4, -0.2) is 26.6 Å². The first kappa shape index (κ1) is 20.4. The van der Waals surface area contributed by atoms with E-state index in [4.69, 9.17) is 0 Å². The van der Waals surface area contributed by atoms with Gasteiger partial charge >= 0.3 is 6.18 Å². The van der Waals surface area contributed by atoms with Crippen LogP contribution < -0.4 is 5.32 Å². The van der Waals surface area contributed by atoms with E-state index in [2.05, 4.69) is 5.32 Å². The van der Waals surface area contributed by atoms with Gasteiger partial charge in [0.15, 0.2) is 9.84 Å². The van der Waals surface area contributed by atoms with Crippen molar-refractivity contribution in [1.82, 2.24) is 5.32 Å². The van der Waals surface area contributed by atoms with E-state index in [1.165, 1.54) is 30.3 Å². The van der Waals surface area contributed by atoms with Crippen molar-refractivity contribution in [2.45, 2.75) is 36.9 Å². The maximum absolute atomic E-state index is 13.0. The summed E-state index contributed by atoms with van der Waals surface area (Å²) >= 11 is 0. The molecule has 3 rings (SSSR count). The normalized spacial score (nSPS) is 21.2. The van der Waals surface area contributed by atoms with Crippen LogP contribution in [0, 0.1) is 5.41 Å². The fourth-order valence-electron chi connectivity index (χ4n) is 3.52. The largest absolute Gasteiger partial charge is 0.416 e. The van der Waals surface area contributed by atoms with Gasteiger partial charge in [-0.05, 0) is 41.3 Å². The molecule has 2 aromatic carbocycles. The lowest BCUT2D eigenvalue weighted by Crippen LogP contribution is -2.28. The minimum Gasteiger partial charge on any atom is -0.348 e. The molecule has 0 saturated heterocycles. The number of alkyl halides is 3. The van der Waals surface area contributed by atoms with E-state index in [-0.39, 0.29) is 22.4 Å². The number of sulfone groups is 1. The summed E-state index contributed by atoms with van der Waals surface area (Å²) in [6.07, 6.45) is -3.34. The number of amides is 1. The van der Waals surface area contributed by atoms with E-state index in [0.29, 0.717) is 5.56 Å². The third-order valence-electron chi connectivity index (χ3n) is 5.23. The number of hydrogen-bond acceptors (Lipinski definition) is 3. The molecule has 0 unspecified atom stereocenters. The second kappa shape index (κ2) is 6.62. The summed E-state index contributed by atoms with van der Waals surface area (Å²) in [7, 11) is -3.36. The molecule has 0 radical (unpaired) electrons. The van der Waals surface area contributed by atoms with Crippen molar-refractivity contribution in [3.8, 4) is 0 Å². The third kappa shape index (κ3) is 3.92. The van der Waals surface area contributed by atoms with Crippen molar-refractivity contribution in [1.29, 1.82) is 0 Å². The summed E-state index contributed by atoms with van der Waals surface area (Å²) in [6, 6.07) is 10.4. The van der Waals surface area contributed by atoms with Crippen molar-refractivity contribution < 1.29 is 26.4 Å². The summed E-state index contributed by atoms with van der Waals surface area (Å²) in [6.45, 7) is 3.77. The lowest BCUT2D eigenvalue weighted by atomic mass is 10.0. The highest BCUT2D eigenvalue weighted by Gasteiger charge is 2.59. The third-order valence-corrected chi connectivity index (χ3v) is 6.36. The van der Waals surface area contributed by atoms with E-state index in [1.54, 1.807) is 6.07 Å². The van der Waals surface area contributed by atoms with Crippen LogP contribution in [0.25, 0.3) is 0 Å². The molecule has 1 saturated carbocycles. The Morgan fingerprint density at radius 1 is 1.07 bits per heavy atom. The number of benzene rings is 2. The average molecular weight is 411 g/mol. The molecule has 1 aliphatic rings. The zero-order valence-electron chi connectivity index (χ0n) is 15.5. The van der Waals surface area contributed by atoms with Gasteiger partial charge in [0.25, 0.3) is 5.91 Å². The number of halogens is 3. The molecule has 150 valence electrons. The summed E-state index contributed by atoms with van der Waals surface area (Å²) < 4.78 is 61.9. The molecule has 2 atom stereocenters. The number of hydrogen-bond donors (Lipinski definition) is 1. The summed E-state index contributed by atoms with van der Waals surface area (Å²) in [5.41, 5.74) is -0.295. The maximum atomic E-state index is 13.0. The summed E-state index contributed by atoms with van der Waals surface area (Å²) in [5.74, 6) is -0.637. The van der Waals surface area contributed by atoms with E-state index >= 15 is 0 Å². The van der Waals surface area contributed by atoms with Gasteiger partial charge < -0.3 is 5.32 Å². The van der Waals surface area contributed by atoms with Crippen LogP contribution in [0.1, 0.15) is 41.3 Å². The monoisotopic (exact) mass is 411 g/mol. The Morgan fingerprint density at radius 2 is 1.68 bits per heavy atom. The highest BCUT2D eigenvalue weighted by molar-refractivity contribution is 7.90. The molecule has 1 amide bonds. The molecule has 2 aromatic rings. The van der Waals surface area contributed by atoms with E-state index in [9.17, 15) is 26.4 Å². The van der Waals surface area contributed by atoms with Crippen LogP contribution in [0.15, 0.2) is 53.4 Å². The molecule has 28 heavy (non-hydrogen) atoms. The second-order valence-corrected chi connectivity index (χ2v) is 9.69. The van der Waals surface area contributed by atoms with E-state index in [0.717, 1.165) is 18.4 Å². The Balaban J connectivity index is 1.77. The van der Waals surface area contributed by atoms with Gasteiger partial charge in [0.2, 0.25) is 0 Å². The highest BCUT2D eigenvalue weighted by atomic mass is 32.2. The molecule has 0 bridgehead atoms. The van der Waals surface area contributed by atoms with E-state index < -0.39 is 32.9 Å². The smallest absolute Gasteiger partial charge is 0.348 e. The Kier molecular flexibility index (Phi) is 4.82. The number of nitrogens with one attached hydrogen (secondary N) is 1. The molecular weight excluding hydrogens is 391 g/mol. The van der Waals surface area contributed by atoms with Crippen molar-refractivity contribution in [2.75, 3.05) is 6.26 Å². The van der Waals surface area contributed by atoms with Gasteiger partial charge in [0.05, 0.1) is 10.5 Å². The zero-order valence-corrected chi connectivity index (χ0v) is 16.4. The molecule has 0 spiro atoms. The standard InChI is InChI=1S/C20H20F3NO3S/c1-19(2)16(13-5-4-6-14(11-13)20(21,22)23)17(19)24-18(25)12-7-9-15(10-8-12)28(3,26)27/h4-11,16-17H,1-3H3,(H,24,25)/t16-,17-/m0/s1. The molecule has 4 nitrogen and oxygen atoms in total. The van der Waals surface area contributed by atoms with Crippen molar-refractivity contribution in [3.05, 3.63) is 65.2 Å². The highest BCUT2D eigenvalue weighted by Crippen LogP contribution is 2.59. The first-order valence-corrected chi connectivity index (χ1v) is 10.5. The Hall–Kier alpha value is -2.35. The first-order chi connectivity index (χ1) is 12.8. The SMILES string of the molecule is CC1(C)[C@@H](NC(=O)c2ccc(S(C)(=O)=O)cc2)[C@@H]1c1cccc(C(F)(F)F)c1. The molecule has 0 aliphatic heterocycles. The van der Waals surface area contributed by atoms with Crippen LogP contribution in [0.4, 0.5) is 13.2 Å². The second-order valence-electron chi connectivity index (χ2n) is 7.67. The van der Waals surface area contributed by atoms with Crippen LogP contribution in [0.5, 0.6) is 0 Å². The van der Waals surface area contributed by atoms with Crippen molar-refractivity contribution >= 4 is 15.7 Å². The van der Waals surface area contributed by atoms with Crippen molar-refractivity contribution in [2.24, 2.45) is 5.41 Å². The predicted molar refractivity (Wildman–Crippen MR) is 98.8 cm³/mol. The fraction of sp³-hybridized carbons (Fsp3) is 0.350. The average Bonchev–Trinajstić information content (AvgIpc) is 3.13. The van der Waals surface area contributed by atoms with E-state index in [1.807, 2.05) is 13.8 Å². The van der Waals surface area contributed by atoms with Gasteiger partial charge in [-0.2, -0.15) is 13.2 Å². The minimum absolute atomic E-state index is 0.109. The molecule has 1 fully saturated rings. The lowest BCUT2D eigenvalue weighted by Gasteiger charge is -2.09. The summed E-state index contributed by atoms with van der Waals surface area (Å²) in [4.78, 5) is 12.6. The van der Waals surface area contributed by atoms with Gasteiger partial charge in [-0.3, -0.25) is 4.79 Å².